The fourth-order valence-corrected chi connectivity index (χ4v) is 2.83. The van der Waals surface area contributed by atoms with Gasteiger partial charge in [0.1, 0.15) is 0 Å². The molecule has 1 aliphatic carbocycles. The minimum atomic E-state index is 0.396. The molecule has 0 aromatic rings. The molecule has 1 aliphatic rings. The van der Waals surface area contributed by atoms with Crippen LogP contribution < -0.4 is 11.1 Å². The molecule has 0 aromatic heterocycles. The van der Waals surface area contributed by atoms with Gasteiger partial charge in [-0.3, -0.25) is 0 Å². The summed E-state index contributed by atoms with van der Waals surface area (Å²) in [5.74, 6) is 0.909. The van der Waals surface area contributed by atoms with Crippen molar-refractivity contribution < 1.29 is 0 Å². The number of unbranched alkanes of at least 4 members (excludes halogenated alkanes) is 1. The third-order valence-electron chi connectivity index (χ3n) is 4.58. The highest BCUT2D eigenvalue weighted by Gasteiger charge is 2.32. The van der Waals surface area contributed by atoms with Crippen LogP contribution in [0.1, 0.15) is 65.7 Å². The maximum Gasteiger partial charge on any atom is 0.00389 e. The fraction of sp³-hybridized carbons (Fsp3) is 1.00. The van der Waals surface area contributed by atoms with Crippen LogP contribution >= 0.6 is 0 Å². The molecule has 0 aliphatic heterocycles. The van der Waals surface area contributed by atoms with E-state index in [0.29, 0.717) is 11.5 Å². The van der Waals surface area contributed by atoms with Gasteiger partial charge in [0, 0.05) is 12.6 Å². The second kappa shape index (κ2) is 7.38. The van der Waals surface area contributed by atoms with E-state index in [1.807, 2.05) is 0 Å². The van der Waals surface area contributed by atoms with Crippen molar-refractivity contribution >= 4 is 0 Å². The molecule has 0 bridgehead atoms. The van der Waals surface area contributed by atoms with E-state index in [0.717, 1.165) is 19.0 Å². The van der Waals surface area contributed by atoms with E-state index in [4.69, 9.17) is 5.73 Å². The second-order valence-corrected chi connectivity index (χ2v) is 6.31. The molecular weight excluding hydrogens is 208 g/mol. The summed E-state index contributed by atoms with van der Waals surface area (Å²) in [5, 5.41) is 3.71. The van der Waals surface area contributed by atoms with Crippen LogP contribution in [0.2, 0.25) is 0 Å². The van der Waals surface area contributed by atoms with Gasteiger partial charge in [-0.1, -0.05) is 39.5 Å². The van der Waals surface area contributed by atoms with Crippen LogP contribution in [0.25, 0.3) is 0 Å². The summed E-state index contributed by atoms with van der Waals surface area (Å²) < 4.78 is 0. The Balaban J connectivity index is 2.31. The number of hydrogen-bond donors (Lipinski definition) is 2. The van der Waals surface area contributed by atoms with Crippen LogP contribution in [0.3, 0.4) is 0 Å². The van der Waals surface area contributed by atoms with E-state index in [-0.39, 0.29) is 0 Å². The highest BCUT2D eigenvalue weighted by atomic mass is 14.9. The van der Waals surface area contributed by atoms with Gasteiger partial charge in [-0.05, 0) is 44.1 Å². The van der Waals surface area contributed by atoms with Crippen molar-refractivity contribution in [2.45, 2.75) is 71.8 Å². The van der Waals surface area contributed by atoms with Gasteiger partial charge < -0.3 is 11.1 Å². The van der Waals surface area contributed by atoms with Gasteiger partial charge >= 0.3 is 0 Å². The van der Waals surface area contributed by atoms with Crippen LogP contribution in [0.5, 0.6) is 0 Å². The average Bonchev–Trinajstić information content (AvgIpc) is 2.36. The molecule has 1 fully saturated rings. The molecule has 1 atom stereocenters. The van der Waals surface area contributed by atoms with Crippen LogP contribution in [0.15, 0.2) is 0 Å². The van der Waals surface area contributed by atoms with Gasteiger partial charge in [0.25, 0.3) is 0 Å². The van der Waals surface area contributed by atoms with Crippen molar-refractivity contribution in [3.63, 3.8) is 0 Å². The predicted octanol–water partition coefficient (Wildman–Crippen LogP) is 3.31. The molecule has 0 aromatic carbocycles. The van der Waals surface area contributed by atoms with Crippen molar-refractivity contribution in [2.75, 3.05) is 13.1 Å². The summed E-state index contributed by atoms with van der Waals surface area (Å²) >= 11 is 0. The van der Waals surface area contributed by atoms with E-state index < -0.39 is 0 Å². The smallest absolute Gasteiger partial charge is 0.00389 e. The summed E-state index contributed by atoms with van der Waals surface area (Å²) in [6.07, 6.45) is 9.29. The third-order valence-corrected chi connectivity index (χ3v) is 4.58. The molecule has 17 heavy (non-hydrogen) atoms. The lowest BCUT2D eigenvalue weighted by atomic mass is 9.70. The first-order chi connectivity index (χ1) is 8.12. The van der Waals surface area contributed by atoms with Gasteiger partial charge in [0.2, 0.25) is 0 Å². The van der Waals surface area contributed by atoms with Crippen molar-refractivity contribution in [3.05, 3.63) is 0 Å². The Kier molecular flexibility index (Phi) is 6.50. The molecule has 0 saturated heterocycles. The maximum absolute atomic E-state index is 6.03. The normalized spacial score (nSPS) is 31.4. The van der Waals surface area contributed by atoms with Gasteiger partial charge in [-0.15, -0.1) is 0 Å². The van der Waals surface area contributed by atoms with E-state index in [2.05, 4.69) is 26.1 Å². The van der Waals surface area contributed by atoms with Crippen LogP contribution in [-0.4, -0.2) is 19.1 Å². The molecule has 0 radical (unpaired) electrons. The van der Waals surface area contributed by atoms with Crippen LogP contribution in [-0.2, 0) is 0 Å². The van der Waals surface area contributed by atoms with Gasteiger partial charge in [0.15, 0.2) is 0 Å². The Morgan fingerprint density at radius 2 is 2.00 bits per heavy atom. The quantitative estimate of drug-likeness (QED) is 0.716. The monoisotopic (exact) mass is 240 g/mol. The van der Waals surface area contributed by atoms with E-state index >= 15 is 0 Å². The molecule has 1 unspecified atom stereocenters. The number of nitrogens with one attached hydrogen (secondary N) is 1. The summed E-state index contributed by atoms with van der Waals surface area (Å²) in [6.45, 7) is 8.92. The molecule has 0 spiro atoms. The predicted molar refractivity (Wildman–Crippen MR) is 76.1 cm³/mol. The zero-order valence-electron chi connectivity index (χ0n) is 12.1. The number of hydrogen-bond acceptors (Lipinski definition) is 2. The molecule has 1 saturated carbocycles. The Labute approximate surface area is 108 Å². The zero-order valence-corrected chi connectivity index (χ0v) is 12.1. The van der Waals surface area contributed by atoms with Gasteiger partial charge in [-0.2, -0.15) is 0 Å². The molecule has 1 rings (SSSR count). The highest BCUT2D eigenvalue weighted by Crippen LogP contribution is 2.37. The lowest BCUT2D eigenvalue weighted by Gasteiger charge is -2.39. The van der Waals surface area contributed by atoms with Crippen molar-refractivity contribution in [3.8, 4) is 0 Å². The first-order valence-electron chi connectivity index (χ1n) is 7.55. The topological polar surface area (TPSA) is 38.0 Å². The van der Waals surface area contributed by atoms with Gasteiger partial charge in [-0.25, -0.2) is 0 Å². The Bertz CT molecular complexity index is 195. The molecule has 3 N–H and O–H groups in total. The largest absolute Gasteiger partial charge is 0.330 e. The molecule has 2 nitrogen and oxygen atoms in total. The number of nitrogens with two attached hydrogens (primary N) is 1. The number of rotatable bonds is 7. The zero-order chi connectivity index (χ0) is 12.7. The van der Waals surface area contributed by atoms with Crippen molar-refractivity contribution in [1.82, 2.24) is 5.32 Å². The van der Waals surface area contributed by atoms with Crippen LogP contribution in [0.4, 0.5) is 0 Å². The first kappa shape index (κ1) is 15.0. The molecular formula is C15H32N2. The Morgan fingerprint density at radius 3 is 2.53 bits per heavy atom. The molecule has 102 valence electrons. The van der Waals surface area contributed by atoms with E-state index in [1.165, 1.54) is 44.9 Å². The Hall–Kier alpha value is -0.0800. The Morgan fingerprint density at radius 1 is 1.35 bits per heavy atom. The second-order valence-electron chi connectivity index (χ2n) is 6.31. The third kappa shape index (κ3) is 4.97. The van der Waals surface area contributed by atoms with Crippen molar-refractivity contribution in [1.29, 1.82) is 0 Å². The highest BCUT2D eigenvalue weighted by molar-refractivity contribution is 4.88. The fourth-order valence-electron chi connectivity index (χ4n) is 2.83. The van der Waals surface area contributed by atoms with Crippen LogP contribution in [0, 0.1) is 11.3 Å². The summed E-state index contributed by atoms with van der Waals surface area (Å²) in [7, 11) is 0. The summed E-state index contributed by atoms with van der Waals surface area (Å²) in [6, 6.07) is 0.651. The summed E-state index contributed by atoms with van der Waals surface area (Å²) in [4.78, 5) is 0. The lowest BCUT2D eigenvalue weighted by Crippen LogP contribution is -2.45. The molecule has 0 amide bonds. The average molecular weight is 240 g/mol. The van der Waals surface area contributed by atoms with E-state index in [9.17, 15) is 0 Å². The summed E-state index contributed by atoms with van der Waals surface area (Å²) in [5.41, 5.74) is 6.43. The van der Waals surface area contributed by atoms with Gasteiger partial charge in [0.05, 0.1) is 0 Å². The first-order valence-corrected chi connectivity index (χ1v) is 7.55. The SMILES string of the molecule is CCCCC(C)NCC1(CN)CCC(C)CC1. The standard InChI is InChI=1S/C15H32N2/c1-4-5-6-14(3)17-12-15(11-16)9-7-13(2)8-10-15/h13-14,17H,4-12,16H2,1-3H3. The molecule has 0 heterocycles. The van der Waals surface area contributed by atoms with Crippen molar-refractivity contribution in [2.24, 2.45) is 17.1 Å². The molecule has 2 heteroatoms. The van der Waals surface area contributed by atoms with E-state index in [1.54, 1.807) is 0 Å². The maximum atomic E-state index is 6.03. The minimum absolute atomic E-state index is 0.396. The minimum Gasteiger partial charge on any atom is -0.330 e. The lowest BCUT2D eigenvalue weighted by molar-refractivity contribution is 0.154.